The number of aliphatic hydroxyl groups excluding tert-OH is 1. The Balaban J connectivity index is 4.99. The summed E-state index contributed by atoms with van der Waals surface area (Å²) in [4.78, 5) is 35.3. The molecule has 0 aliphatic rings. The zero-order valence-corrected chi connectivity index (χ0v) is 20.5. The molecule has 5 N–H and O–H groups in total. The number of nitrogens with two attached hydrogens (primary N) is 1. The Morgan fingerprint density at radius 1 is 1.03 bits per heavy atom. The lowest BCUT2D eigenvalue weighted by Crippen LogP contribution is -2.48. The van der Waals surface area contributed by atoms with Gasteiger partial charge in [0.05, 0.1) is 24.6 Å². The maximum Gasteiger partial charge on any atom is 0.303 e. The van der Waals surface area contributed by atoms with Crippen LogP contribution in [0.4, 0.5) is 0 Å². The van der Waals surface area contributed by atoms with Crippen molar-refractivity contribution >= 4 is 30.3 Å². The van der Waals surface area contributed by atoms with Gasteiger partial charge in [-0.05, 0) is 32.1 Å². The van der Waals surface area contributed by atoms with Crippen LogP contribution in [-0.4, -0.2) is 52.3 Å². The van der Waals surface area contributed by atoms with Crippen molar-refractivity contribution in [2.24, 2.45) is 11.7 Å². The number of thiol groups is 1. The molecule has 0 heterocycles. The highest BCUT2D eigenvalue weighted by atomic mass is 32.1. The predicted molar refractivity (Wildman–Crippen MR) is 136 cm³/mol. The second-order valence-corrected chi connectivity index (χ2v) is 8.05. The number of nitrogens with one attached hydrogen (secondary N) is 1. The van der Waals surface area contributed by atoms with Crippen LogP contribution < -0.4 is 11.1 Å². The summed E-state index contributed by atoms with van der Waals surface area (Å²) >= 11 is 4.13. The van der Waals surface area contributed by atoms with E-state index >= 15 is 0 Å². The molecule has 1 unspecified atom stereocenters. The Hall–Kier alpha value is -2.16. The third-order valence-electron chi connectivity index (χ3n) is 4.88. The van der Waals surface area contributed by atoms with Gasteiger partial charge >= 0.3 is 5.97 Å². The number of ketones is 1. The first-order valence-electron chi connectivity index (χ1n) is 11.6. The van der Waals surface area contributed by atoms with Gasteiger partial charge in [0.25, 0.3) is 0 Å². The number of rotatable bonds is 19. The molecule has 0 radical (unpaired) electrons. The molecule has 1 amide bonds. The first-order chi connectivity index (χ1) is 15.9. The second-order valence-electron chi connectivity index (χ2n) is 7.69. The number of Topliss-reactive ketones (excluding diaryl/α,β-unsaturated/α-hetero) is 1. The molecule has 0 bridgehead atoms. The first-order valence-corrected chi connectivity index (χ1v) is 12.2. The van der Waals surface area contributed by atoms with E-state index in [0.717, 1.165) is 12.8 Å². The Morgan fingerprint density at radius 3 is 2.39 bits per heavy atom. The molecule has 0 aromatic heterocycles. The normalized spacial score (nSPS) is 14.9. The molecule has 33 heavy (non-hydrogen) atoms. The highest BCUT2D eigenvalue weighted by molar-refractivity contribution is 7.80. The van der Waals surface area contributed by atoms with E-state index in [9.17, 15) is 19.5 Å². The molecule has 0 spiro atoms. The zero-order valence-electron chi connectivity index (χ0n) is 19.6. The van der Waals surface area contributed by atoms with Crippen molar-refractivity contribution in [2.75, 3.05) is 12.3 Å². The molecule has 186 valence electrons. The fourth-order valence-corrected chi connectivity index (χ4v) is 3.29. The van der Waals surface area contributed by atoms with Crippen LogP contribution in [0.25, 0.3) is 0 Å². The van der Waals surface area contributed by atoms with E-state index in [-0.39, 0.29) is 31.6 Å². The fourth-order valence-electron chi connectivity index (χ4n) is 3.02. The van der Waals surface area contributed by atoms with Gasteiger partial charge in [0, 0.05) is 12.2 Å². The Bertz CT molecular complexity index is 688. The number of unbranched alkanes of at least 4 members (excludes halogenated alkanes) is 3. The van der Waals surface area contributed by atoms with Crippen LogP contribution in [0, 0.1) is 5.92 Å². The topological polar surface area (TPSA) is 130 Å². The summed E-state index contributed by atoms with van der Waals surface area (Å²) in [6, 6.07) is -0.902. The zero-order chi connectivity index (χ0) is 24.9. The molecule has 3 atom stereocenters. The molecule has 0 aliphatic heterocycles. The fraction of sp³-hybridized carbons (Fsp3) is 0.560. The highest BCUT2D eigenvalue weighted by Crippen LogP contribution is 2.17. The molecule has 0 aliphatic carbocycles. The first kappa shape index (κ1) is 30.8. The number of carbonyl (C=O) groups is 3. The van der Waals surface area contributed by atoms with Gasteiger partial charge in [0.15, 0.2) is 5.78 Å². The van der Waals surface area contributed by atoms with Gasteiger partial charge in [0.1, 0.15) is 0 Å². The van der Waals surface area contributed by atoms with Crippen LogP contribution in [0.15, 0.2) is 48.6 Å². The summed E-state index contributed by atoms with van der Waals surface area (Å²) in [6.45, 7) is 1.92. The third-order valence-corrected chi connectivity index (χ3v) is 5.25. The van der Waals surface area contributed by atoms with E-state index in [0.29, 0.717) is 0 Å². The lowest BCUT2D eigenvalue weighted by Gasteiger charge is -2.24. The van der Waals surface area contributed by atoms with E-state index in [1.54, 1.807) is 18.2 Å². The monoisotopic (exact) mass is 480 g/mol. The van der Waals surface area contributed by atoms with E-state index in [4.69, 9.17) is 10.8 Å². The molecular weight excluding hydrogens is 440 g/mol. The molecule has 7 nitrogen and oxygen atoms in total. The van der Waals surface area contributed by atoms with Crippen molar-refractivity contribution in [3.8, 4) is 0 Å². The van der Waals surface area contributed by atoms with Gasteiger partial charge < -0.3 is 21.3 Å². The van der Waals surface area contributed by atoms with Gasteiger partial charge in [-0.3, -0.25) is 14.4 Å². The minimum Gasteiger partial charge on any atom is -0.481 e. The lowest BCUT2D eigenvalue weighted by atomic mass is 9.89. The standard InChI is InChI=1S/C25H40N2O5S/c1-2-3-4-5-6-7-8-9-10-11-12-13-15-20(22(28)16-14-17-24(30)31)25(32)21(19-33)27-23(29)18-26/h6-7,9-13,15,20-22,28,33H,2-5,8,14,16-19,26H2,1H3,(H,27,29)(H,30,31)/b7-6-,10-9+,12-11-,15-13+/t20-,21?,22+/m0/s1. The van der Waals surface area contributed by atoms with Crippen molar-refractivity contribution in [2.45, 2.75) is 70.4 Å². The van der Waals surface area contributed by atoms with Gasteiger partial charge in [0.2, 0.25) is 5.91 Å². The molecule has 0 saturated carbocycles. The number of allylic oxidation sites excluding steroid dienone is 7. The van der Waals surface area contributed by atoms with Crippen molar-refractivity contribution in [1.29, 1.82) is 0 Å². The van der Waals surface area contributed by atoms with Gasteiger partial charge in [-0.2, -0.15) is 12.6 Å². The molecule has 0 rings (SSSR count). The summed E-state index contributed by atoms with van der Waals surface area (Å²) in [5, 5.41) is 21.8. The SMILES string of the molecule is CCCCC/C=C\C/C=C/C=C\C=C\[C@H](C(=O)C(CS)NC(=O)CN)[C@H](O)CCCC(=O)O. The Kier molecular flexibility index (Phi) is 19.1. The number of hydrogen-bond donors (Lipinski definition) is 5. The largest absolute Gasteiger partial charge is 0.481 e. The van der Waals surface area contributed by atoms with Crippen LogP contribution in [0.2, 0.25) is 0 Å². The maximum absolute atomic E-state index is 12.9. The summed E-state index contributed by atoms with van der Waals surface area (Å²) in [5.41, 5.74) is 5.30. The van der Waals surface area contributed by atoms with E-state index in [2.05, 4.69) is 37.0 Å². The number of carbonyl (C=O) groups excluding carboxylic acids is 2. The molecular formula is C25H40N2O5S. The lowest BCUT2D eigenvalue weighted by molar-refractivity contribution is -0.137. The quantitative estimate of drug-likeness (QED) is 0.0834. The number of aliphatic hydroxyl groups is 1. The van der Waals surface area contributed by atoms with Crippen molar-refractivity contribution in [3.63, 3.8) is 0 Å². The van der Waals surface area contributed by atoms with Crippen molar-refractivity contribution in [1.82, 2.24) is 5.32 Å². The van der Waals surface area contributed by atoms with Crippen LogP contribution in [0.5, 0.6) is 0 Å². The molecule has 0 aromatic carbocycles. The smallest absolute Gasteiger partial charge is 0.303 e. The number of aliphatic carboxylic acids is 1. The Morgan fingerprint density at radius 2 is 1.76 bits per heavy atom. The third kappa shape index (κ3) is 16.2. The van der Waals surface area contributed by atoms with E-state index in [1.165, 1.54) is 19.3 Å². The highest BCUT2D eigenvalue weighted by Gasteiger charge is 2.30. The van der Waals surface area contributed by atoms with Crippen molar-refractivity contribution in [3.05, 3.63) is 48.6 Å². The summed E-state index contributed by atoms with van der Waals surface area (Å²) in [6.07, 6.45) is 19.9. The molecule has 8 heteroatoms. The summed E-state index contributed by atoms with van der Waals surface area (Å²) in [7, 11) is 0. The average Bonchev–Trinajstić information content (AvgIpc) is 2.79. The maximum atomic E-state index is 12.9. The predicted octanol–water partition coefficient (Wildman–Crippen LogP) is 3.36. The minimum absolute atomic E-state index is 0.0568. The summed E-state index contributed by atoms with van der Waals surface area (Å²) in [5.74, 6) is -2.71. The number of carboxylic acids is 1. The molecule has 0 saturated heterocycles. The van der Waals surface area contributed by atoms with Crippen molar-refractivity contribution < 1.29 is 24.6 Å². The van der Waals surface area contributed by atoms with Crippen LogP contribution in [-0.2, 0) is 14.4 Å². The minimum atomic E-state index is -1.08. The van der Waals surface area contributed by atoms with Crippen LogP contribution in [0.1, 0.15) is 58.3 Å². The van der Waals surface area contributed by atoms with E-state index < -0.39 is 35.7 Å². The van der Waals surface area contributed by atoms with Gasteiger partial charge in [-0.25, -0.2) is 0 Å². The van der Waals surface area contributed by atoms with Crippen LogP contribution in [0.3, 0.4) is 0 Å². The Labute approximate surface area is 203 Å². The average molecular weight is 481 g/mol. The molecule has 0 fully saturated rings. The second kappa shape index (κ2) is 20.4. The number of hydrogen-bond acceptors (Lipinski definition) is 6. The van der Waals surface area contributed by atoms with Crippen LogP contribution >= 0.6 is 12.6 Å². The summed E-state index contributed by atoms with van der Waals surface area (Å²) < 4.78 is 0. The van der Waals surface area contributed by atoms with Gasteiger partial charge in [-0.15, -0.1) is 0 Å². The number of amides is 1. The van der Waals surface area contributed by atoms with E-state index in [1.807, 2.05) is 18.2 Å². The number of carboxylic acid groups (broad SMARTS) is 1. The molecule has 0 aromatic rings. The van der Waals surface area contributed by atoms with Gasteiger partial charge in [-0.1, -0.05) is 68.4 Å².